The van der Waals surface area contributed by atoms with Crippen molar-refractivity contribution in [3.8, 4) is 0 Å². The monoisotopic (exact) mass is 341 g/mol. The predicted octanol–water partition coefficient (Wildman–Crippen LogP) is 4.44. The van der Waals surface area contributed by atoms with Crippen molar-refractivity contribution in [3.05, 3.63) is 19.8 Å². The third-order valence-electron chi connectivity index (χ3n) is 1.75. The molecule has 0 saturated carbocycles. The summed E-state index contributed by atoms with van der Waals surface area (Å²) in [4.78, 5) is 0.939. The van der Waals surface area contributed by atoms with E-state index in [9.17, 15) is 4.55 Å². The van der Waals surface area contributed by atoms with Crippen molar-refractivity contribution in [3.63, 3.8) is 0 Å². The van der Waals surface area contributed by atoms with Gasteiger partial charge in [-0.3, -0.25) is 0 Å². The van der Waals surface area contributed by atoms with E-state index >= 15 is 0 Å². The van der Waals surface area contributed by atoms with E-state index in [2.05, 4.69) is 20.3 Å². The van der Waals surface area contributed by atoms with Crippen molar-refractivity contribution >= 4 is 55.9 Å². The van der Waals surface area contributed by atoms with Crippen LogP contribution in [0.1, 0.15) is 32.6 Å². The standard InChI is InChI=1S/C10H13BrClNOS2/c1-6(13-16(14)10(2,3)4)8-5-7(12)9(11)15-8/h5H,1-4H3/b13-6-. The molecular formula is C10H13BrClNOS2. The summed E-state index contributed by atoms with van der Waals surface area (Å²) in [7, 11) is 0. The fourth-order valence-corrected chi connectivity index (χ4v) is 3.16. The number of rotatable bonds is 2. The molecule has 0 fully saturated rings. The van der Waals surface area contributed by atoms with Gasteiger partial charge in [-0.1, -0.05) is 16.0 Å². The molecule has 1 aromatic heterocycles. The van der Waals surface area contributed by atoms with Gasteiger partial charge in [0.25, 0.3) is 0 Å². The first-order valence-electron chi connectivity index (χ1n) is 4.64. The minimum atomic E-state index is -1.23. The van der Waals surface area contributed by atoms with E-state index in [0.717, 1.165) is 14.4 Å². The largest absolute Gasteiger partial charge is 0.591 e. The van der Waals surface area contributed by atoms with Crippen LogP contribution in [0.4, 0.5) is 0 Å². The van der Waals surface area contributed by atoms with Gasteiger partial charge in [-0.2, -0.15) is 0 Å². The average Bonchev–Trinajstić information content (AvgIpc) is 2.45. The number of hydrogen-bond donors (Lipinski definition) is 0. The quantitative estimate of drug-likeness (QED) is 0.578. The summed E-state index contributed by atoms with van der Waals surface area (Å²) >= 11 is 9.54. The maximum atomic E-state index is 11.8. The molecule has 0 aliphatic carbocycles. The Morgan fingerprint density at radius 1 is 1.56 bits per heavy atom. The Kier molecular flexibility index (Phi) is 4.89. The van der Waals surface area contributed by atoms with Crippen LogP contribution >= 0.6 is 38.9 Å². The lowest BCUT2D eigenvalue weighted by molar-refractivity contribution is 0.561. The van der Waals surface area contributed by atoms with E-state index in [1.165, 1.54) is 11.3 Å². The normalized spacial score (nSPS) is 15.3. The highest BCUT2D eigenvalue weighted by atomic mass is 79.9. The summed E-state index contributed by atoms with van der Waals surface area (Å²) in [5, 5.41) is 0.663. The van der Waals surface area contributed by atoms with Gasteiger partial charge in [0, 0.05) is 0 Å². The third kappa shape index (κ3) is 3.74. The van der Waals surface area contributed by atoms with Crippen molar-refractivity contribution in [2.45, 2.75) is 32.4 Å². The van der Waals surface area contributed by atoms with Crippen LogP contribution in [0.15, 0.2) is 14.3 Å². The molecule has 0 bridgehead atoms. The molecule has 0 spiro atoms. The number of thiophene rings is 1. The Labute approximate surface area is 117 Å². The van der Waals surface area contributed by atoms with E-state index in [1.807, 2.05) is 33.8 Å². The molecule has 0 amide bonds. The highest BCUT2D eigenvalue weighted by molar-refractivity contribution is 9.11. The first-order chi connectivity index (χ1) is 7.21. The van der Waals surface area contributed by atoms with Crippen molar-refractivity contribution < 1.29 is 4.55 Å². The molecular weight excluding hydrogens is 330 g/mol. The topological polar surface area (TPSA) is 35.4 Å². The minimum absolute atomic E-state index is 0.334. The molecule has 0 aromatic carbocycles. The zero-order chi connectivity index (χ0) is 12.5. The third-order valence-corrected chi connectivity index (χ3v) is 5.82. The van der Waals surface area contributed by atoms with E-state index in [0.29, 0.717) is 5.02 Å². The molecule has 0 radical (unpaired) electrons. The molecule has 0 saturated heterocycles. The molecule has 1 heterocycles. The summed E-state index contributed by atoms with van der Waals surface area (Å²) in [6.45, 7) is 7.55. The van der Waals surface area contributed by atoms with E-state index in [1.54, 1.807) is 0 Å². The zero-order valence-corrected chi connectivity index (χ0v) is 13.5. The van der Waals surface area contributed by atoms with E-state index in [-0.39, 0.29) is 4.75 Å². The zero-order valence-electron chi connectivity index (χ0n) is 9.51. The van der Waals surface area contributed by atoms with Gasteiger partial charge in [-0.05, 0) is 49.7 Å². The number of hydrogen-bond acceptors (Lipinski definition) is 3. The molecule has 6 heteroatoms. The SMILES string of the molecule is C/C(=N/[S+]([O-])C(C)(C)C)c1cc(Cl)c(Br)s1. The predicted molar refractivity (Wildman–Crippen MR) is 77.1 cm³/mol. The van der Waals surface area contributed by atoms with Crippen molar-refractivity contribution in [1.29, 1.82) is 0 Å². The second-order valence-corrected chi connectivity index (χ2v) is 8.95. The van der Waals surface area contributed by atoms with Gasteiger partial charge in [0.05, 0.1) is 13.7 Å². The number of nitrogens with zero attached hydrogens (tertiary/aromatic N) is 1. The molecule has 1 rings (SSSR count). The maximum absolute atomic E-state index is 11.8. The van der Waals surface area contributed by atoms with Crippen LogP contribution in [0.25, 0.3) is 0 Å². The maximum Gasteiger partial charge on any atom is 0.144 e. The summed E-state index contributed by atoms with van der Waals surface area (Å²) in [6.07, 6.45) is 0. The van der Waals surface area contributed by atoms with E-state index in [4.69, 9.17) is 11.6 Å². The lowest BCUT2D eigenvalue weighted by atomic mass is 10.3. The van der Waals surface area contributed by atoms with Gasteiger partial charge in [-0.25, -0.2) is 0 Å². The lowest BCUT2D eigenvalue weighted by Gasteiger charge is -2.18. The molecule has 1 atom stereocenters. The Morgan fingerprint density at radius 2 is 2.12 bits per heavy atom. The van der Waals surface area contributed by atoms with Crippen LogP contribution in [0.5, 0.6) is 0 Å². The molecule has 16 heavy (non-hydrogen) atoms. The van der Waals surface area contributed by atoms with Crippen molar-refractivity contribution in [1.82, 2.24) is 0 Å². The Morgan fingerprint density at radius 3 is 2.50 bits per heavy atom. The Bertz CT molecular complexity index is 392. The molecule has 0 aliphatic rings. The number of halogens is 2. The van der Waals surface area contributed by atoms with Gasteiger partial charge in [0.2, 0.25) is 0 Å². The second kappa shape index (κ2) is 5.40. The second-order valence-electron chi connectivity index (χ2n) is 4.27. The molecule has 90 valence electrons. The van der Waals surface area contributed by atoms with Gasteiger partial charge < -0.3 is 4.55 Å². The minimum Gasteiger partial charge on any atom is -0.591 e. The molecule has 2 nitrogen and oxygen atoms in total. The molecule has 1 unspecified atom stereocenters. The van der Waals surface area contributed by atoms with Gasteiger partial charge in [0.15, 0.2) is 0 Å². The summed E-state index contributed by atoms with van der Waals surface area (Å²) in [5.41, 5.74) is 0.755. The van der Waals surface area contributed by atoms with Gasteiger partial charge in [0.1, 0.15) is 21.8 Å². The van der Waals surface area contributed by atoms with Crippen LogP contribution in [0.3, 0.4) is 0 Å². The summed E-state index contributed by atoms with van der Waals surface area (Å²) in [6, 6.07) is 1.83. The Balaban J connectivity index is 2.93. The first-order valence-corrected chi connectivity index (χ1v) is 7.73. The van der Waals surface area contributed by atoms with Gasteiger partial charge >= 0.3 is 0 Å². The molecule has 0 N–H and O–H groups in total. The van der Waals surface area contributed by atoms with Crippen molar-refractivity contribution in [2.75, 3.05) is 0 Å². The lowest BCUT2D eigenvalue weighted by Crippen LogP contribution is -2.26. The fourth-order valence-electron chi connectivity index (χ4n) is 0.831. The summed E-state index contributed by atoms with van der Waals surface area (Å²) < 4.78 is 16.6. The highest BCUT2D eigenvalue weighted by Gasteiger charge is 2.27. The van der Waals surface area contributed by atoms with Gasteiger partial charge in [-0.15, -0.1) is 11.3 Å². The smallest absolute Gasteiger partial charge is 0.144 e. The first kappa shape index (κ1) is 14.5. The Hall–Kier alpha value is 0.450. The average molecular weight is 343 g/mol. The van der Waals surface area contributed by atoms with Crippen LogP contribution in [-0.4, -0.2) is 15.0 Å². The van der Waals surface area contributed by atoms with Crippen LogP contribution in [0, 0.1) is 0 Å². The van der Waals surface area contributed by atoms with Crippen LogP contribution in [0.2, 0.25) is 5.02 Å². The van der Waals surface area contributed by atoms with Crippen LogP contribution < -0.4 is 0 Å². The van der Waals surface area contributed by atoms with Crippen molar-refractivity contribution in [2.24, 2.45) is 4.40 Å². The summed E-state index contributed by atoms with van der Waals surface area (Å²) in [5.74, 6) is 0. The fraction of sp³-hybridized carbons (Fsp3) is 0.500. The molecule has 0 aliphatic heterocycles. The van der Waals surface area contributed by atoms with E-state index < -0.39 is 11.4 Å². The van der Waals surface area contributed by atoms with Crippen LogP contribution in [-0.2, 0) is 11.4 Å². The highest BCUT2D eigenvalue weighted by Crippen LogP contribution is 2.32. The molecule has 1 aromatic rings.